The van der Waals surface area contributed by atoms with E-state index < -0.39 is 0 Å². The van der Waals surface area contributed by atoms with Gasteiger partial charge in [0.25, 0.3) is 0 Å². The molecule has 82 valence electrons. The molecule has 1 fully saturated rings. The molecule has 1 aliphatic rings. The number of carbonyl (C=O) groups excluding carboxylic acids is 1. The van der Waals surface area contributed by atoms with E-state index in [1.54, 1.807) is 6.92 Å². The van der Waals surface area contributed by atoms with Crippen LogP contribution in [-0.2, 0) is 4.79 Å². The topological polar surface area (TPSA) is 29.1 Å². The van der Waals surface area contributed by atoms with Gasteiger partial charge in [-0.3, -0.25) is 0 Å². The maximum atomic E-state index is 10.7. The van der Waals surface area contributed by atoms with Crippen LogP contribution in [0.3, 0.4) is 0 Å². The lowest BCUT2D eigenvalue weighted by molar-refractivity contribution is -0.117. The fourth-order valence-electron chi connectivity index (χ4n) is 2.16. The third kappa shape index (κ3) is 5.38. The van der Waals surface area contributed by atoms with Gasteiger partial charge in [-0.2, -0.15) is 0 Å². The van der Waals surface area contributed by atoms with Gasteiger partial charge in [-0.1, -0.05) is 19.3 Å². The lowest BCUT2D eigenvalue weighted by Gasteiger charge is -2.21. The summed E-state index contributed by atoms with van der Waals surface area (Å²) in [4.78, 5) is 10.7. The van der Waals surface area contributed by atoms with E-state index in [0.29, 0.717) is 5.78 Å². The molecule has 1 aliphatic carbocycles. The molecule has 0 amide bonds. The van der Waals surface area contributed by atoms with Crippen molar-refractivity contribution in [2.45, 2.75) is 51.9 Å². The zero-order valence-corrected chi connectivity index (χ0v) is 9.35. The molecule has 0 aromatic rings. The van der Waals surface area contributed by atoms with Gasteiger partial charge >= 0.3 is 0 Å². The predicted octanol–water partition coefficient (Wildman–Crippen LogP) is 2.53. The van der Waals surface area contributed by atoms with Crippen molar-refractivity contribution in [1.29, 1.82) is 0 Å². The summed E-state index contributed by atoms with van der Waals surface area (Å²) in [6.07, 6.45) is 8.81. The Kier molecular flexibility index (Phi) is 5.85. The molecular formula is C12H23NO. The molecule has 0 aromatic heterocycles. The molecule has 0 aromatic carbocycles. The Morgan fingerprint density at radius 3 is 2.64 bits per heavy atom. The van der Waals surface area contributed by atoms with Crippen LogP contribution >= 0.6 is 0 Å². The number of Topliss-reactive ketones (excluding diaryl/α,β-unsaturated/α-hetero) is 1. The van der Waals surface area contributed by atoms with E-state index in [2.05, 4.69) is 5.32 Å². The smallest absolute Gasteiger partial charge is 0.129 e. The summed E-state index contributed by atoms with van der Waals surface area (Å²) in [5.41, 5.74) is 0. The number of carbonyl (C=O) groups is 1. The standard InChI is InChI=1S/C12H23NO/c1-11(14)6-5-9-13-10-12-7-3-2-4-8-12/h12-13H,2-10H2,1H3. The summed E-state index contributed by atoms with van der Waals surface area (Å²) in [7, 11) is 0. The van der Waals surface area contributed by atoms with E-state index in [0.717, 1.165) is 31.8 Å². The van der Waals surface area contributed by atoms with Gasteiger partial charge < -0.3 is 10.1 Å². The van der Waals surface area contributed by atoms with Crippen molar-refractivity contribution in [1.82, 2.24) is 5.32 Å². The van der Waals surface area contributed by atoms with Crippen LogP contribution < -0.4 is 5.32 Å². The third-order valence-corrected chi connectivity index (χ3v) is 3.04. The van der Waals surface area contributed by atoms with Gasteiger partial charge in [-0.25, -0.2) is 0 Å². The molecule has 0 atom stereocenters. The number of ketones is 1. The van der Waals surface area contributed by atoms with Crippen LogP contribution in [0.15, 0.2) is 0 Å². The average molecular weight is 197 g/mol. The van der Waals surface area contributed by atoms with Gasteiger partial charge in [-0.05, 0) is 45.2 Å². The first-order chi connectivity index (χ1) is 6.79. The van der Waals surface area contributed by atoms with Crippen molar-refractivity contribution < 1.29 is 4.79 Å². The van der Waals surface area contributed by atoms with Gasteiger partial charge in [0.2, 0.25) is 0 Å². The minimum absolute atomic E-state index is 0.310. The fourth-order valence-corrected chi connectivity index (χ4v) is 2.16. The van der Waals surface area contributed by atoms with Crippen molar-refractivity contribution in [3.63, 3.8) is 0 Å². The van der Waals surface area contributed by atoms with E-state index in [-0.39, 0.29) is 0 Å². The Bertz CT molecular complexity index is 162. The Balaban J connectivity index is 1.90. The molecule has 14 heavy (non-hydrogen) atoms. The molecule has 1 N–H and O–H groups in total. The Hall–Kier alpha value is -0.370. The number of rotatable bonds is 6. The highest BCUT2D eigenvalue weighted by Crippen LogP contribution is 2.22. The maximum absolute atomic E-state index is 10.7. The Morgan fingerprint density at radius 2 is 2.00 bits per heavy atom. The molecule has 0 aliphatic heterocycles. The molecule has 0 radical (unpaired) electrons. The first-order valence-corrected chi connectivity index (χ1v) is 5.99. The Labute approximate surface area is 87.5 Å². The molecule has 0 unspecified atom stereocenters. The van der Waals surface area contributed by atoms with Gasteiger partial charge in [-0.15, -0.1) is 0 Å². The van der Waals surface area contributed by atoms with Gasteiger partial charge in [0.05, 0.1) is 0 Å². The minimum atomic E-state index is 0.310. The van der Waals surface area contributed by atoms with Crippen LogP contribution in [0.5, 0.6) is 0 Å². The lowest BCUT2D eigenvalue weighted by Crippen LogP contribution is -2.25. The van der Waals surface area contributed by atoms with Crippen LogP contribution in [0.1, 0.15) is 51.9 Å². The summed E-state index contributed by atoms with van der Waals surface area (Å²) in [6.45, 7) is 3.84. The second kappa shape index (κ2) is 6.99. The second-order valence-electron chi connectivity index (χ2n) is 4.51. The highest BCUT2D eigenvalue weighted by atomic mass is 16.1. The van der Waals surface area contributed by atoms with E-state index in [1.807, 2.05) is 0 Å². The summed E-state index contributed by atoms with van der Waals surface area (Å²) < 4.78 is 0. The molecule has 0 bridgehead atoms. The molecular weight excluding hydrogens is 174 g/mol. The molecule has 1 saturated carbocycles. The first kappa shape index (κ1) is 11.7. The summed E-state index contributed by atoms with van der Waals surface area (Å²) in [5, 5.41) is 3.46. The summed E-state index contributed by atoms with van der Waals surface area (Å²) in [5.74, 6) is 1.21. The molecule has 0 spiro atoms. The second-order valence-corrected chi connectivity index (χ2v) is 4.51. The molecule has 0 heterocycles. The highest BCUT2D eigenvalue weighted by molar-refractivity contribution is 5.75. The normalized spacial score (nSPS) is 18.4. The largest absolute Gasteiger partial charge is 0.316 e. The minimum Gasteiger partial charge on any atom is -0.316 e. The molecule has 2 nitrogen and oxygen atoms in total. The van der Waals surface area contributed by atoms with E-state index in [1.165, 1.54) is 32.1 Å². The number of hydrogen-bond donors (Lipinski definition) is 1. The fraction of sp³-hybridized carbons (Fsp3) is 0.917. The Morgan fingerprint density at radius 1 is 1.29 bits per heavy atom. The van der Waals surface area contributed by atoms with Crippen LogP contribution in [0.25, 0.3) is 0 Å². The monoisotopic (exact) mass is 197 g/mol. The zero-order valence-electron chi connectivity index (χ0n) is 9.35. The highest BCUT2D eigenvalue weighted by Gasteiger charge is 2.12. The third-order valence-electron chi connectivity index (χ3n) is 3.04. The van der Waals surface area contributed by atoms with Crippen LogP contribution in [0, 0.1) is 5.92 Å². The van der Waals surface area contributed by atoms with Gasteiger partial charge in [0, 0.05) is 6.42 Å². The summed E-state index contributed by atoms with van der Waals surface area (Å²) in [6, 6.07) is 0. The summed E-state index contributed by atoms with van der Waals surface area (Å²) >= 11 is 0. The zero-order chi connectivity index (χ0) is 10.2. The van der Waals surface area contributed by atoms with E-state index >= 15 is 0 Å². The van der Waals surface area contributed by atoms with Gasteiger partial charge in [0.1, 0.15) is 5.78 Å². The lowest BCUT2D eigenvalue weighted by atomic mass is 9.89. The van der Waals surface area contributed by atoms with E-state index in [9.17, 15) is 4.79 Å². The van der Waals surface area contributed by atoms with Crippen molar-refractivity contribution >= 4 is 5.78 Å². The predicted molar refractivity (Wildman–Crippen MR) is 59.4 cm³/mol. The van der Waals surface area contributed by atoms with Gasteiger partial charge in [0.15, 0.2) is 0 Å². The maximum Gasteiger partial charge on any atom is 0.129 e. The molecule has 2 heteroatoms. The van der Waals surface area contributed by atoms with Crippen LogP contribution in [0.2, 0.25) is 0 Å². The molecule has 0 saturated heterocycles. The molecule has 1 rings (SSSR count). The van der Waals surface area contributed by atoms with Crippen molar-refractivity contribution in [2.24, 2.45) is 5.92 Å². The van der Waals surface area contributed by atoms with Crippen molar-refractivity contribution in [3.05, 3.63) is 0 Å². The van der Waals surface area contributed by atoms with Crippen LogP contribution in [-0.4, -0.2) is 18.9 Å². The quantitative estimate of drug-likeness (QED) is 0.663. The van der Waals surface area contributed by atoms with Crippen LogP contribution in [0.4, 0.5) is 0 Å². The number of nitrogens with one attached hydrogen (secondary N) is 1. The first-order valence-electron chi connectivity index (χ1n) is 5.99. The van der Waals surface area contributed by atoms with E-state index in [4.69, 9.17) is 0 Å². The van der Waals surface area contributed by atoms with Crippen molar-refractivity contribution in [3.8, 4) is 0 Å². The van der Waals surface area contributed by atoms with Crippen molar-refractivity contribution in [2.75, 3.05) is 13.1 Å². The number of hydrogen-bond acceptors (Lipinski definition) is 2. The average Bonchev–Trinajstić information content (AvgIpc) is 2.18. The SMILES string of the molecule is CC(=O)CCCNCC1CCCCC1.